The Labute approximate surface area is 168 Å². The molecule has 0 aromatic heterocycles. The molecule has 2 aromatic rings. The number of rotatable bonds is 7. The highest BCUT2D eigenvalue weighted by molar-refractivity contribution is 6.14. The summed E-state index contributed by atoms with van der Waals surface area (Å²) in [6.45, 7) is 2.86. The highest BCUT2D eigenvalue weighted by atomic mass is 16.5. The van der Waals surface area contributed by atoms with Gasteiger partial charge in [0, 0.05) is 0 Å². The van der Waals surface area contributed by atoms with Crippen LogP contribution in [0.4, 0.5) is 0 Å². The van der Waals surface area contributed by atoms with Crippen molar-refractivity contribution in [3.05, 3.63) is 58.8 Å². The van der Waals surface area contributed by atoms with Gasteiger partial charge in [0.25, 0.3) is 0 Å². The van der Waals surface area contributed by atoms with Crippen molar-refractivity contribution in [2.24, 2.45) is 0 Å². The monoisotopic (exact) mass is 390 g/mol. The Kier molecular flexibility index (Phi) is 6.13. The van der Waals surface area contributed by atoms with Crippen molar-refractivity contribution in [3.63, 3.8) is 0 Å². The molecule has 7 heteroatoms. The van der Waals surface area contributed by atoms with Crippen LogP contribution in [0.2, 0.25) is 0 Å². The van der Waals surface area contributed by atoms with E-state index in [2.05, 4.69) is 0 Å². The van der Waals surface area contributed by atoms with Crippen LogP contribution in [-0.2, 0) is 6.54 Å². The largest absolute Gasteiger partial charge is 0.507 e. The third kappa shape index (κ3) is 4.37. The van der Waals surface area contributed by atoms with Crippen LogP contribution in [0.25, 0.3) is 6.08 Å². The first-order chi connectivity index (χ1) is 14.1. The Balaban J connectivity index is 1.90. The van der Waals surface area contributed by atoms with E-state index >= 15 is 0 Å². The van der Waals surface area contributed by atoms with Crippen molar-refractivity contribution in [3.8, 4) is 29.4 Å². The van der Waals surface area contributed by atoms with E-state index in [0.717, 1.165) is 11.3 Å². The molecule has 7 nitrogen and oxygen atoms in total. The number of nitriles is 2. The Morgan fingerprint density at radius 2 is 1.83 bits per heavy atom. The SMILES string of the molecule is CCOc1ccc(/C=C2\Oc3c(ccc(O)c3C[NH+](CC#N)CC#N)C2=O)cc1. The second-order valence-electron chi connectivity index (χ2n) is 6.48. The summed E-state index contributed by atoms with van der Waals surface area (Å²) in [7, 11) is 0. The maximum Gasteiger partial charge on any atom is 0.231 e. The van der Waals surface area contributed by atoms with Gasteiger partial charge in [0.1, 0.15) is 30.2 Å². The number of nitrogens with zero attached hydrogens (tertiary/aromatic N) is 2. The van der Waals surface area contributed by atoms with Gasteiger partial charge in [-0.25, -0.2) is 0 Å². The molecule has 0 saturated carbocycles. The van der Waals surface area contributed by atoms with Crippen molar-refractivity contribution >= 4 is 11.9 Å². The van der Waals surface area contributed by atoms with E-state index in [9.17, 15) is 9.90 Å². The minimum atomic E-state index is -0.280. The van der Waals surface area contributed by atoms with Crippen LogP contribution in [0.15, 0.2) is 42.2 Å². The van der Waals surface area contributed by atoms with Crippen LogP contribution in [0.5, 0.6) is 17.2 Å². The van der Waals surface area contributed by atoms with E-state index in [4.69, 9.17) is 20.0 Å². The van der Waals surface area contributed by atoms with E-state index in [-0.39, 0.29) is 42.7 Å². The number of Topliss-reactive ketones (excluding diaryl/α,β-unsaturated/α-hetero) is 1. The van der Waals surface area contributed by atoms with Crippen LogP contribution >= 0.6 is 0 Å². The number of fused-ring (bicyclic) bond motifs is 1. The zero-order valence-corrected chi connectivity index (χ0v) is 15.9. The van der Waals surface area contributed by atoms with E-state index < -0.39 is 0 Å². The quantitative estimate of drug-likeness (QED) is 0.552. The van der Waals surface area contributed by atoms with Gasteiger partial charge in [0.2, 0.25) is 5.78 Å². The average Bonchev–Trinajstić information content (AvgIpc) is 3.02. The van der Waals surface area contributed by atoms with Crippen molar-refractivity contribution in [1.29, 1.82) is 10.5 Å². The summed E-state index contributed by atoms with van der Waals surface area (Å²) in [5.41, 5.74) is 1.53. The number of ketones is 1. The van der Waals surface area contributed by atoms with Crippen LogP contribution in [0.1, 0.15) is 28.4 Å². The number of nitrogens with one attached hydrogen (secondary N) is 1. The van der Waals surface area contributed by atoms with E-state index in [1.54, 1.807) is 6.08 Å². The second-order valence-corrected chi connectivity index (χ2v) is 6.48. The lowest BCUT2D eigenvalue weighted by molar-refractivity contribution is -0.899. The van der Waals surface area contributed by atoms with Gasteiger partial charge < -0.3 is 19.5 Å². The maximum absolute atomic E-state index is 12.8. The minimum absolute atomic E-state index is 0.0350. The van der Waals surface area contributed by atoms with Crippen LogP contribution in [0, 0.1) is 22.7 Å². The molecule has 1 aliphatic heterocycles. The molecule has 3 rings (SSSR count). The number of carbonyl (C=O) groups is 1. The molecule has 146 valence electrons. The first-order valence-corrected chi connectivity index (χ1v) is 9.16. The number of aromatic hydroxyl groups is 1. The number of allylic oxidation sites excluding steroid dienone is 1. The molecule has 0 aliphatic carbocycles. The topological polar surface area (TPSA) is 108 Å². The van der Waals surface area contributed by atoms with Crippen molar-refractivity contribution in [2.45, 2.75) is 13.5 Å². The molecule has 1 heterocycles. The van der Waals surface area contributed by atoms with Crippen molar-refractivity contribution in [2.75, 3.05) is 19.7 Å². The smallest absolute Gasteiger partial charge is 0.231 e. The summed E-state index contributed by atoms with van der Waals surface area (Å²) in [4.78, 5) is 13.4. The summed E-state index contributed by atoms with van der Waals surface area (Å²) in [5.74, 6) is 0.852. The number of phenols is 1. The number of carbonyl (C=O) groups excluding carboxylic acids is 1. The lowest BCUT2D eigenvalue weighted by Crippen LogP contribution is -3.10. The van der Waals surface area contributed by atoms with Crippen molar-refractivity contribution < 1.29 is 24.3 Å². The number of ether oxygens (including phenoxy) is 2. The lowest BCUT2D eigenvalue weighted by atomic mass is 10.0. The predicted octanol–water partition coefficient (Wildman–Crippen LogP) is 1.84. The summed E-state index contributed by atoms with van der Waals surface area (Å²) in [6.07, 6.45) is 1.63. The fourth-order valence-electron chi connectivity index (χ4n) is 3.11. The Morgan fingerprint density at radius 3 is 2.45 bits per heavy atom. The Morgan fingerprint density at radius 1 is 1.14 bits per heavy atom. The fraction of sp³-hybridized carbons (Fsp3) is 0.227. The van der Waals surface area contributed by atoms with Gasteiger partial charge in [0.15, 0.2) is 24.6 Å². The van der Waals surface area contributed by atoms with Crippen LogP contribution in [0.3, 0.4) is 0 Å². The Bertz CT molecular complexity index is 1010. The first-order valence-electron chi connectivity index (χ1n) is 9.16. The van der Waals surface area contributed by atoms with Gasteiger partial charge in [-0.3, -0.25) is 4.79 Å². The molecule has 1 aliphatic rings. The molecule has 0 radical (unpaired) electrons. The number of benzene rings is 2. The maximum atomic E-state index is 12.8. The number of quaternary nitrogens is 1. The van der Waals surface area contributed by atoms with E-state index in [0.29, 0.717) is 22.6 Å². The molecule has 0 unspecified atom stereocenters. The van der Waals surface area contributed by atoms with Gasteiger partial charge in [0.05, 0.1) is 17.7 Å². The number of phenolic OH excluding ortho intramolecular Hbond substituents is 1. The third-order valence-electron chi connectivity index (χ3n) is 4.49. The van der Waals surface area contributed by atoms with Gasteiger partial charge in [-0.1, -0.05) is 12.1 Å². The molecule has 0 atom stereocenters. The van der Waals surface area contributed by atoms with Gasteiger partial charge in [-0.15, -0.1) is 0 Å². The zero-order chi connectivity index (χ0) is 20.8. The van der Waals surface area contributed by atoms with Crippen molar-refractivity contribution in [1.82, 2.24) is 0 Å². The number of hydrogen-bond donors (Lipinski definition) is 2. The first kappa shape index (κ1) is 19.9. The van der Waals surface area contributed by atoms with Crippen LogP contribution < -0.4 is 14.4 Å². The molecule has 0 bridgehead atoms. The molecule has 2 aromatic carbocycles. The standard InChI is InChI=1S/C22H19N3O4/c1-2-28-16-5-3-15(4-6-16)13-20-21(27)17-7-8-19(26)18(22(17)29-20)14-25(11-9-23)12-10-24/h3-8,13,26H,2,11-12,14H2,1H3/p+1/b20-13-. The lowest BCUT2D eigenvalue weighted by Gasteiger charge is -2.15. The zero-order valence-electron chi connectivity index (χ0n) is 15.9. The molecule has 0 saturated heterocycles. The third-order valence-corrected chi connectivity index (χ3v) is 4.49. The van der Waals surface area contributed by atoms with Gasteiger partial charge in [-0.05, 0) is 42.8 Å². The second kappa shape index (κ2) is 8.92. The highest BCUT2D eigenvalue weighted by Gasteiger charge is 2.32. The molecule has 29 heavy (non-hydrogen) atoms. The minimum Gasteiger partial charge on any atom is -0.507 e. The van der Waals surface area contributed by atoms with E-state index in [1.807, 2.05) is 43.3 Å². The average molecular weight is 390 g/mol. The summed E-state index contributed by atoms with van der Waals surface area (Å²) in [6, 6.07) is 14.3. The molecular formula is C22H20N3O4+. The molecule has 2 N–H and O–H groups in total. The highest BCUT2D eigenvalue weighted by Crippen LogP contribution is 2.39. The molecular weight excluding hydrogens is 370 g/mol. The summed E-state index contributed by atoms with van der Waals surface area (Å²) in [5, 5.41) is 28.2. The molecule has 0 amide bonds. The van der Waals surface area contributed by atoms with Crippen LogP contribution in [-0.4, -0.2) is 30.6 Å². The predicted molar refractivity (Wildman–Crippen MR) is 104 cm³/mol. The summed E-state index contributed by atoms with van der Waals surface area (Å²) < 4.78 is 11.2. The molecule has 0 spiro atoms. The fourth-order valence-corrected chi connectivity index (χ4v) is 3.11. The van der Waals surface area contributed by atoms with E-state index in [1.165, 1.54) is 12.1 Å². The van der Waals surface area contributed by atoms with Gasteiger partial charge in [-0.2, -0.15) is 10.5 Å². The number of hydrogen-bond acceptors (Lipinski definition) is 6. The van der Waals surface area contributed by atoms with Gasteiger partial charge >= 0.3 is 0 Å². The molecule has 0 fully saturated rings. The Hall–Kier alpha value is -3.81. The summed E-state index contributed by atoms with van der Waals surface area (Å²) >= 11 is 0. The normalized spacial score (nSPS) is 13.7.